The SMILES string of the molecule is CC1=CN(O)C=C(C)C1=C1C=CC(=NC(=O)[C@@H](NC(=O)c2ccc3n2CCNC3)C2CCCCCC2)C=C1. The maximum atomic E-state index is 13.6. The number of carbonyl (C=O) groups is 2. The van der Waals surface area contributed by atoms with Crippen LogP contribution in [0.3, 0.4) is 0 Å². The average molecular weight is 516 g/mol. The molecular formula is C30H37N5O3. The maximum absolute atomic E-state index is 13.6. The molecule has 2 amide bonds. The summed E-state index contributed by atoms with van der Waals surface area (Å²) in [6.45, 7) is 6.21. The fraction of sp³-hybridized carbons (Fsp3) is 0.433. The molecular weight excluding hydrogens is 478 g/mol. The van der Waals surface area contributed by atoms with Crippen LogP contribution in [0, 0.1) is 5.92 Å². The number of hydrogen-bond acceptors (Lipinski definition) is 5. The zero-order valence-corrected chi connectivity index (χ0v) is 22.2. The van der Waals surface area contributed by atoms with Crippen LogP contribution in [0.4, 0.5) is 0 Å². The van der Waals surface area contributed by atoms with E-state index in [1.165, 1.54) is 0 Å². The molecule has 1 saturated carbocycles. The lowest BCUT2D eigenvalue weighted by Gasteiger charge is -2.26. The van der Waals surface area contributed by atoms with E-state index >= 15 is 0 Å². The summed E-state index contributed by atoms with van der Waals surface area (Å²) in [6.07, 6.45) is 17.2. The lowest BCUT2D eigenvalue weighted by molar-refractivity contribution is -0.120. The smallest absolute Gasteiger partial charge is 0.269 e. The van der Waals surface area contributed by atoms with Gasteiger partial charge in [0.05, 0.1) is 5.71 Å². The van der Waals surface area contributed by atoms with Crippen molar-refractivity contribution in [2.24, 2.45) is 10.9 Å². The van der Waals surface area contributed by atoms with Gasteiger partial charge < -0.3 is 15.2 Å². The monoisotopic (exact) mass is 515 g/mol. The molecule has 38 heavy (non-hydrogen) atoms. The Bertz CT molecular complexity index is 1240. The van der Waals surface area contributed by atoms with Gasteiger partial charge in [-0.2, -0.15) is 0 Å². The first-order valence-corrected chi connectivity index (χ1v) is 13.7. The summed E-state index contributed by atoms with van der Waals surface area (Å²) in [5.41, 5.74) is 6.20. The maximum Gasteiger partial charge on any atom is 0.269 e. The molecule has 0 bridgehead atoms. The summed E-state index contributed by atoms with van der Waals surface area (Å²) in [4.78, 5) is 31.5. The van der Waals surface area contributed by atoms with Crippen molar-refractivity contribution in [3.8, 4) is 0 Å². The number of carbonyl (C=O) groups excluding carboxylic acids is 2. The van der Waals surface area contributed by atoms with Gasteiger partial charge in [0.15, 0.2) is 0 Å². The van der Waals surface area contributed by atoms with Gasteiger partial charge >= 0.3 is 0 Å². The minimum atomic E-state index is -0.647. The third-order valence-electron chi connectivity index (χ3n) is 7.88. The van der Waals surface area contributed by atoms with Crippen LogP contribution in [0.25, 0.3) is 0 Å². The molecule has 0 unspecified atom stereocenters. The van der Waals surface area contributed by atoms with Crippen molar-refractivity contribution in [1.29, 1.82) is 0 Å². The third-order valence-corrected chi connectivity index (χ3v) is 7.88. The average Bonchev–Trinajstić information content (AvgIpc) is 3.14. The zero-order valence-electron chi connectivity index (χ0n) is 22.2. The van der Waals surface area contributed by atoms with E-state index in [0.717, 1.165) is 91.2 Å². The van der Waals surface area contributed by atoms with Gasteiger partial charge in [0.2, 0.25) is 0 Å². The number of hydroxylamine groups is 2. The molecule has 0 saturated heterocycles. The van der Waals surface area contributed by atoms with Crippen LogP contribution in [0.15, 0.2) is 76.1 Å². The highest BCUT2D eigenvalue weighted by atomic mass is 16.5. The van der Waals surface area contributed by atoms with E-state index < -0.39 is 6.04 Å². The molecule has 3 heterocycles. The molecule has 4 aliphatic rings. The molecule has 8 heteroatoms. The van der Waals surface area contributed by atoms with Crippen LogP contribution in [-0.4, -0.2) is 45.0 Å². The van der Waals surface area contributed by atoms with Gasteiger partial charge in [0.25, 0.3) is 11.8 Å². The Morgan fingerprint density at radius 3 is 2.39 bits per heavy atom. The molecule has 1 aromatic rings. The highest BCUT2D eigenvalue weighted by Gasteiger charge is 2.32. The first-order chi connectivity index (χ1) is 18.4. The standard InChI is InChI=1S/C30H37N5O3/c1-20-18-34(38)19-21(2)27(20)22-9-11-24(12-10-22)32-30(37)28(23-7-5-3-4-6-8-23)33-29(36)26-14-13-25-17-31-15-16-35(25)26/h9-14,18-19,23,28,31,38H,3-8,15-17H2,1-2H3,(H,33,36)/t28-/m0/s1. The van der Waals surface area contributed by atoms with Crippen molar-refractivity contribution in [2.45, 2.75) is 71.5 Å². The van der Waals surface area contributed by atoms with E-state index in [4.69, 9.17) is 0 Å². The number of fused-ring (bicyclic) bond motifs is 1. The van der Waals surface area contributed by atoms with Gasteiger partial charge in [0, 0.05) is 37.7 Å². The number of aliphatic imine (C=N–C) groups is 1. The van der Waals surface area contributed by atoms with Gasteiger partial charge in [-0.1, -0.05) is 37.8 Å². The fourth-order valence-corrected chi connectivity index (χ4v) is 6.00. The number of nitrogens with one attached hydrogen (secondary N) is 2. The molecule has 0 aromatic carbocycles. The quantitative estimate of drug-likeness (QED) is 0.511. The first kappa shape index (κ1) is 26.1. The van der Waals surface area contributed by atoms with E-state index in [2.05, 4.69) is 15.6 Å². The zero-order chi connectivity index (χ0) is 26.6. The third kappa shape index (κ3) is 5.66. The largest absolute Gasteiger partial charge is 0.339 e. The summed E-state index contributed by atoms with van der Waals surface area (Å²) >= 11 is 0. The van der Waals surface area contributed by atoms with Crippen molar-refractivity contribution in [2.75, 3.05) is 6.54 Å². The lowest BCUT2D eigenvalue weighted by Crippen LogP contribution is -2.46. The summed E-state index contributed by atoms with van der Waals surface area (Å²) in [7, 11) is 0. The number of amides is 2. The van der Waals surface area contributed by atoms with Gasteiger partial charge in [-0.15, -0.1) is 0 Å². The first-order valence-electron chi connectivity index (χ1n) is 13.7. The Kier molecular flexibility index (Phi) is 7.90. The summed E-state index contributed by atoms with van der Waals surface area (Å²) in [5, 5.41) is 17.3. The minimum Gasteiger partial charge on any atom is -0.339 e. The number of nitrogens with zero attached hydrogens (tertiary/aromatic N) is 3. The number of rotatable bonds is 4. The van der Waals surface area contributed by atoms with Gasteiger partial charge in [0.1, 0.15) is 11.7 Å². The molecule has 1 aromatic heterocycles. The molecule has 2 aliphatic carbocycles. The fourth-order valence-electron chi connectivity index (χ4n) is 6.00. The highest BCUT2D eigenvalue weighted by Crippen LogP contribution is 2.30. The van der Waals surface area contributed by atoms with Crippen molar-refractivity contribution < 1.29 is 14.8 Å². The van der Waals surface area contributed by atoms with Crippen LogP contribution in [0.2, 0.25) is 0 Å². The Labute approximate surface area is 224 Å². The Hall–Kier alpha value is -3.49. The summed E-state index contributed by atoms with van der Waals surface area (Å²) in [6, 6.07) is 3.19. The van der Waals surface area contributed by atoms with Crippen molar-refractivity contribution in [1.82, 2.24) is 20.3 Å². The van der Waals surface area contributed by atoms with Crippen molar-refractivity contribution in [3.05, 3.63) is 82.5 Å². The second-order valence-electron chi connectivity index (χ2n) is 10.6. The number of allylic oxidation sites excluding steroid dienone is 8. The van der Waals surface area contributed by atoms with E-state index in [9.17, 15) is 14.8 Å². The minimum absolute atomic E-state index is 0.0780. The highest BCUT2D eigenvalue weighted by molar-refractivity contribution is 6.12. The normalized spacial score (nSPS) is 20.9. The predicted octanol–water partition coefficient (Wildman–Crippen LogP) is 4.56. The molecule has 1 fully saturated rings. The van der Waals surface area contributed by atoms with Crippen LogP contribution >= 0.6 is 0 Å². The van der Waals surface area contributed by atoms with Gasteiger partial charge in [-0.3, -0.25) is 14.8 Å². The van der Waals surface area contributed by atoms with Crippen LogP contribution < -0.4 is 10.6 Å². The molecule has 3 N–H and O–H groups in total. The Morgan fingerprint density at radius 2 is 1.71 bits per heavy atom. The second-order valence-corrected chi connectivity index (χ2v) is 10.6. The Balaban J connectivity index is 1.37. The molecule has 200 valence electrons. The van der Waals surface area contributed by atoms with E-state index in [1.807, 2.05) is 54.9 Å². The van der Waals surface area contributed by atoms with Crippen LogP contribution in [0.1, 0.15) is 68.6 Å². The molecule has 5 rings (SSSR count). The number of hydrogen-bond donors (Lipinski definition) is 3. The Morgan fingerprint density at radius 1 is 1.03 bits per heavy atom. The molecule has 2 aliphatic heterocycles. The van der Waals surface area contributed by atoms with E-state index in [0.29, 0.717) is 11.4 Å². The van der Waals surface area contributed by atoms with Crippen LogP contribution in [-0.2, 0) is 17.9 Å². The topological polar surface area (TPSA) is 99.0 Å². The van der Waals surface area contributed by atoms with Gasteiger partial charge in [-0.25, -0.2) is 10.1 Å². The lowest BCUT2D eigenvalue weighted by atomic mass is 9.90. The summed E-state index contributed by atoms with van der Waals surface area (Å²) < 4.78 is 2.04. The summed E-state index contributed by atoms with van der Waals surface area (Å²) in [5.74, 6) is -0.421. The van der Waals surface area contributed by atoms with Crippen molar-refractivity contribution >= 4 is 17.5 Å². The van der Waals surface area contributed by atoms with E-state index in [-0.39, 0.29) is 17.7 Å². The van der Waals surface area contributed by atoms with Gasteiger partial charge in [-0.05, 0) is 79.2 Å². The predicted molar refractivity (Wildman–Crippen MR) is 147 cm³/mol. The molecule has 1 atom stereocenters. The molecule has 0 spiro atoms. The number of aromatic nitrogens is 1. The van der Waals surface area contributed by atoms with Crippen LogP contribution in [0.5, 0.6) is 0 Å². The second kappa shape index (κ2) is 11.5. The molecule has 8 nitrogen and oxygen atoms in total. The molecule has 0 radical (unpaired) electrons. The van der Waals surface area contributed by atoms with E-state index in [1.54, 1.807) is 12.4 Å². The van der Waals surface area contributed by atoms with Crippen molar-refractivity contribution in [3.63, 3.8) is 0 Å².